The fourth-order valence-corrected chi connectivity index (χ4v) is 2.23. The molecule has 0 saturated carbocycles. The van der Waals surface area contributed by atoms with Gasteiger partial charge in [0.25, 0.3) is 0 Å². The Morgan fingerprint density at radius 3 is 2.61 bits per heavy atom. The Bertz CT molecular complexity index is 631. The number of ketones is 1. The number of carbonyl (C=O) groups excluding carboxylic acids is 1. The standard InChI is InChI=1S/C12H9BrClN3O/c13-10-4-7(15)1-2-8(10)11(18)9-3-6(14)5-17-12(9)16/h1-5H,15H2,(H2,16,17). The van der Waals surface area contributed by atoms with Crippen molar-refractivity contribution >= 4 is 44.8 Å². The van der Waals surface area contributed by atoms with Gasteiger partial charge in [-0.05, 0) is 40.2 Å². The second-order valence-electron chi connectivity index (χ2n) is 3.65. The van der Waals surface area contributed by atoms with Gasteiger partial charge in [0.05, 0.1) is 10.6 Å². The largest absolute Gasteiger partial charge is 0.399 e. The Kier molecular flexibility index (Phi) is 3.54. The van der Waals surface area contributed by atoms with E-state index in [-0.39, 0.29) is 17.2 Å². The van der Waals surface area contributed by atoms with Crippen LogP contribution in [0.4, 0.5) is 11.5 Å². The van der Waals surface area contributed by atoms with Gasteiger partial charge in [0.2, 0.25) is 0 Å². The zero-order chi connectivity index (χ0) is 13.3. The van der Waals surface area contributed by atoms with E-state index in [4.69, 9.17) is 23.1 Å². The molecule has 0 aliphatic rings. The van der Waals surface area contributed by atoms with Crippen LogP contribution in [0.25, 0.3) is 0 Å². The molecule has 0 unspecified atom stereocenters. The van der Waals surface area contributed by atoms with E-state index >= 15 is 0 Å². The molecule has 92 valence electrons. The van der Waals surface area contributed by atoms with Gasteiger partial charge in [-0.25, -0.2) is 4.98 Å². The van der Waals surface area contributed by atoms with Crippen molar-refractivity contribution in [2.24, 2.45) is 0 Å². The first-order valence-electron chi connectivity index (χ1n) is 5.00. The van der Waals surface area contributed by atoms with Gasteiger partial charge in [0, 0.05) is 21.9 Å². The van der Waals surface area contributed by atoms with Gasteiger partial charge in [-0.2, -0.15) is 0 Å². The molecule has 0 spiro atoms. The first-order chi connectivity index (χ1) is 8.49. The summed E-state index contributed by atoms with van der Waals surface area (Å²) in [7, 11) is 0. The fraction of sp³-hybridized carbons (Fsp3) is 0. The zero-order valence-electron chi connectivity index (χ0n) is 9.15. The number of pyridine rings is 1. The molecule has 0 saturated heterocycles. The summed E-state index contributed by atoms with van der Waals surface area (Å²) in [5.41, 5.74) is 12.6. The maximum atomic E-state index is 12.3. The second kappa shape index (κ2) is 4.96. The van der Waals surface area contributed by atoms with Crippen molar-refractivity contribution < 1.29 is 4.79 Å². The number of rotatable bonds is 2. The number of hydrogen-bond acceptors (Lipinski definition) is 4. The summed E-state index contributed by atoms with van der Waals surface area (Å²) in [6, 6.07) is 6.42. The molecule has 2 rings (SSSR count). The molecule has 4 N–H and O–H groups in total. The van der Waals surface area contributed by atoms with Gasteiger partial charge in [0.1, 0.15) is 5.82 Å². The quantitative estimate of drug-likeness (QED) is 0.656. The molecule has 0 aliphatic heterocycles. The van der Waals surface area contributed by atoms with Crippen LogP contribution in [0, 0.1) is 0 Å². The zero-order valence-corrected chi connectivity index (χ0v) is 11.5. The number of benzene rings is 1. The Balaban J connectivity index is 2.51. The molecule has 0 radical (unpaired) electrons. The third kappa shape index (κ3) is 2.47. The first kappa shape index (κ1) is 12.9. The van der Waals surface area contributed by atoms with E-state index in [0.717, 1.165) is 0 Å². The maximum absolute atomic E-state index is 12.3. The van der Waals surface area contributed by atoms with Crippen molar-refractivity contribution in [1.82, 2.24) is 4.98 Å². The highest BCUT2D eigenvalue weighted by molar-refractivity contribution is 9.10. The molecule has 2 aromatic rings. The maximum Gasteiger partial charge on any atom is 0.197 e. The molecule has 0 aliphatic carbocycles. The van der Waals surface area contributed by atoms with Crippen molar-refractivity contribution in [3.8, 4) is 0 Å². The molecule has 18 heavy (non-hydrogen) atoms. The van der Waals surface area contributed by atoms with Crippen molar-refractivity contribution in [2.45, 2.75) is 0 Å². The minimum atomic E-state index is -0.255. The van der Waals surface area contributed by atoms with E-state index in [9.17, 15) is 4.79 Å². The molecule has 0 atom stereocenters. The molecule has 0 fully saturated rings. The molecular weight excluding hydrogens is 318 g/mol. The Morgan fingerprint density at radius 1 is 1.22 bits per heavy atom. The number of halogens is 2. The van der Waals surface area contributed by atoms with Crippen molar-refractivity contribution in [3.05, 3.63) is 51.1 Å². The van der Waals surface area contributed by atoms with E-state index in [0.29, 0.717) is 20.7 Å². The molecule has 1 aromatic heterocycles. The Hall–Kier alpha value is -1.59. The van der Waals surface area contributed by atoms with Crippen LogP contribution in [0.2, 0.25) is 5.02 Å². The molecule has 1 heterocycles. The van der Waals surface area contributed by atoms with Crippen LogP contribution in [0.5, 0.6) is 0 Å². The third-order valence-electron chi connectivity index (χ3n) is 2.37. The predicted molar refractivity (Wildman–Crippen MR) is 75.6 cm³/mol. The minimum absolute atomic E-state index is 0.146. The summed E-state index contributed by atoms with van der Waals surface area (Å²) in [6.45, 7) is 0. The van der Waals surface area contributed by atoms with Crippen molar-refractivity contribution in [1.29, 1.82) is 0 Å². The van der Waals surface area contributed by atoms with Gasteiger partial charge in [-0.1, -0.05) is 11.6 Å². The van der Waals surface area contributed by atoms with Crippen LogP contribution in [-0.4, -0.2) is 10.8 Å². The number of hydrogen-bond donors (Lipinski definition) is 2. The van der Waals surface area contributed by atoms with Crippen LogP contribution < -0.4 is 11.5 Å². The second-order valence-corrected chi connectivity index (χ2v) is 4.95. The lowest BCUT2D eigenvalue weighted by Crippen LogP contribution is -2.08. The topological polar surface area (TPSA) is 82.0 Å². The van der Waals surface area contributed by atoms with E-state index in [1.807, 2.05) is 0 Å². The van der Waals surface area contributed by atoms with Gasteiger partial charge in [0.15, 0.2) is 5.78 Å². The first-order valence-corrected chi connectivity index (χ1v) is 6.17. The number of nitrogens with two attached hydrogens (primary N) is 2. The summed E-state index contributed by atoms with van der Waals surface area (Å²) in [5.74, 6) is -0.109. The molecule has 4 nitrogen and oxygen atoms in total. The third-order valence-corrected chi connectivity index (χ3v) is 3.23. The summed E-state index contributed by atoms with van der Waals surface area (Å²) in [6.07, 6.45) is 1.39. The summed E-state index contributed by atoms with van der Waals surface area (Å²) < 4.78 is 0.604. The number of carbonyl (C=O) groups is 1. The van der Waals surface area contributed by atoms with Crippen molar-refractivity contribution in [2.75, 3.05) is 11.5 Å². The number of aromatic nitrogens is 1. The Labute approximate surface area is 117 Å². The minimum Gasteiger partial charge on any atom is -0.399 e. The number of nitrogen functional groups attached to an aromatic ring is 2. The van der Waals surface area contributed by atoms with Crippen LogP contribution in [0.3, 0.4) is 0 Å². The lowest BCUT2D eigenvalue weighted by atomic mass is 10.0. The average molecular weight is 327 g/mol. The average Bonchev–Trinajstić information content (AvgIpc) is 2.31. The molecule has 6 heteroatoms. The van der Waals surface area contributed by atoms with Gasteiger partial charge < -0.3 is 11.5 Å². The molecule has 0 amide bonds. The predicted octanol–water partition coefficient (Wildman–Crippen LogP) is 2.89. The SMILES string of the molecule is Nc1ccc(C(=O)c2cc(Cl)cnc2N)c(Br)c1. The van der Waals surface area contributed by atoms with Crippen LogP contribution in [0.1, 0.15) is 15.9 Å². The molecule has 0 bridgehead atoms. The monoisotopic (exact) mass is 325 g/mol. The van der Waals surface area contributed by atoms with E-state index < -0.39 is 0 Å². The highest BCUT2D eigenvalue weighted by Crippen LogP contribution is 2.25. The van der Waals surface area contributed by atoms with E-state index in [1.165, 1.54) is 12.3 Å². The summed E-state index contributed by atoms with van der Waals surface area (Å²) >= 11 is 9.10. The lowest BCUT2D eigenvalue weighted by Gasteiger charge is -2.07. The van der Waals surface area contributed by atoms with Gasteiger partial charge in [-0.3, -0.25) is 4.79 Å². The molecule has 1 aromatic carbocycles. The van der Waals surface area contributed by atoms with Crippen molar-refractivity contribution in [3.63, 3.8) is 0 Å². The highest BCUT2D eigenvalue weighted by Gasteiger charge is 2.16. The lowest BCUT2D eigenvalue weighted by molar-refractivity contribution is 0.103. The van der Waals surface area contributed by atoms with E-state index in [1.54, 1.807) is 18.2 Å². The number of anilines is 2. The van der Waals surface area contributed by atoms with Gasteiger partial charge >= 0.3 is 0 Å². The van der Waals surface area contributed by atoms with Crippen LogP contribution in [-0.2, 0) is 0 Å². The Morgan fingerprint density at radius 2 is 1.94 bits per heavy atom. The highest BCUT2D eigenvalue weighted by atomic mass is 79.9. The summed E-state index contributed by atoms with van der Waals surface area (Å²) in [4.78, 5) is 16.2. The summed E-state index contributed by atoms with van der Waals surface area (Å²) in [5, 5.41) is 0.360. The van der Waals surface area contributed by atoms with Crippen LogP contribution in [0.15, 0.2) is 34.9 Å². The van der Waals surface area contributed by atoms with Crippen LogP contribution >= 0.6 is 27.5 Å². The van der Waals surface area contributed by atoms with Gasteiger partial charge in [-0.15, -0.1) is 0 Å². The smallest absolute Gasteiger partial charge is 0.197 e. The number of nitrogens with zero attached hydrogens (tertiary/aromatic N) is 1. The van der Waals surface area contributed by atoms with E-state index in [2.05, 4.69) is 20.9 Å². The molecular formula is C12H9BrClN3O. The fourth-order valence-electron chi connectivity index (χ4n) is 1.49. The normalized spacial score (nSPS) is 10.3.